The minimum absolute atomic E-state index is 0.0954. The molecule has 20 heavy (non-hydrogen) atoms. The second-order valence-electron chi connectivity index (χ2n) is 5.36. The van der Waals surface area contributed by atoms with Gasteiger partial charge in [0.2, 0.25) is 0 Å². The highest BCUT2D eigenvalue weighted by Gasteiger charge is 2.31. The van der Waals surface area contributed by atoms with Crippen LogP contribution in [0.25, 0.3) is 0 Å². The predicted octanol–water partition coefficient (Wildman–Crippen LogP) is 2.51. The first-order chi connectivity index (χ1) is 9.36. The van der Waals surface area contributed by atoms with E-state index in [0.29, 0.717) is 10.1 Å². The van der Waals surface area contributed by atoms with Crippen LogP contribution in [0.2, 0.25) is 0 Å². The molecule has 114 valence electrons. The fourth-order valence-corrected chi connectivity index (χ4v) is 5.86. The average Bonchev–Trinajstić information content (AvgIpc) is 2.80. The van der Waals surface area contributed by atoms with E-state index in [1.54, 1.807) is 17.4 Å². The van der Waals surface area contributed by atoms with Crippen LogP contribution in [0, 0.1) is 6.92 Å². The quantitative estimate of drug-likeness (QED) is 0.793. The molecular weight excluding hydrogens is 316 g/mol. The normalized spacial score (nSPS) is 18.9. The Labute approximate surface area is 130 Å². The lowest BCUT2D eigenvalue weighted by Crippen LogP contribution is -2.44. The molecule has 4 nitrogen and oxygen atoms in total. The molecule has 0 radical (unpaired) electrons. The van der Waals surface area contributed by atoms with Crippen molar-refractivity contribution >= 4 is 33.0 Å². The largest absolute Gasteiger partial charge is 0.306 e. The first kappa shape index (κ1) is 16.2. The molecule has 1 aromatic heterocycles. The fraction of sp³-hybridized carbons (Fsp3) is 0.692. The highest BCUT2D eigenvalue weighted by molar-refractivity contribution is 7.91. The van der Waals surface area contributed by atoms with E-state index in [1.807, 2.05) is 6.92 Å². The summed E-state index contributed by atoms with van der Waals surface area (Å²) in [6.45, 7) is 3.80. The lowest BCUT2D eigenvalue weighted by molar-refractivity contribution is 0.198. The van der Waals surface area contributed by atoms with Crippen LogP contribution in [-0.4, -0.2) is 50.8 Å². The van der Waals surface area contributed by atoms with Gasteiger partial charge in [0.15, 0.2) is 0 Å². The smallest absolute Gasteiger partial charge is 0.252 e. The maximum atomic E-state index is 12.7. The third kappa shape index (κ3) is 3.20. The van der Waals surface area contributed by atoms with E-state index < -0.39 is 10.0 Å². The van der Waals surface area contributed by atoms with Crippen LogP contribution in [-0.2, 0) is 15.9 Å². The van der Waals surface area contributed by atoms with Gasteiger partial charge in [-0.05, 0) is 51.5 Å². The van der Waals surface area contributed by atoms with Crippen LogP contribution >= 0.6 is 22.9 Å². The van der Waals surface area contributed by atoms with Crippen LogP contribution in [0.4, 0.5) is 0 Å². The van der Waals surface area contributed by atoms with Crippen molar-refractivity contribution in [1.82, 2.24) is 9.21 Å². The molecule has 2 rings (SSSR count). The molecule has 1 aromatic rings. The van der Waals surface area contributed by atoms with Crippen molar-refractivity contribution in [2.24, 2.45) is 0 Å². The molecule has 0 unspecified atom stereocenters. The summed E-state index contributed by atoms with van der Waals surface area (Å²) in [6.07, 6.45) is 1.78. The number of alkyl halides is 1. The molecule has 0 amide bonds. The Balaban J connectivity index is 2.20. The third-order valence-corrected chi connectivity index (χ3v) is 7.98. The topological polar surface area (TPSA) is 40.6 Å². The number of nitrogens with zero attached hydrogens (tertiary/aromatic N) is 2. The highest BCUT2D eigenvalue weighted by atomic mass is 35.5. The molecule has 0 spiro atoms. The Morgan fingerprint density at radius 2 is 2.05 bits per heavy atom. The summed E-state index contributed by atoms with van der Waals surface area (Å²) in [4.78, 5) is 3.17. The number of hydrogen-bond acceptors (Lipinski definition) is 4. The van der Waals surface area contributed by atoms with Gasteiger partial charge in [-0.15, -0.1) is 22.9 Å². The van der Waals surface area contributed by atoms with Crippen molar-refractivity contribution in [2.45, 2.75) is 35.9 Å². The van der Waals surface area contributed by atoms with Crippen LogP contribution in [0.5, 0.6) is 0 Å². The predicted molar refractivity (Wildman–Crippen MR) is 84.1 cm³/mol. The number of sulfonamides is 1. The van der Waals surface area contributed by atoms with Crippen LogP contribution in [0.15, 0.2) is 10.3 Å². The van der Waals surface area contributed by atoms with Gasteiger partial charge in [0, 0.05) is 18.0 Å². The summed E-state index contributed by atoms with van der Waals surface area (Å²) in [6, 6.07) is 1.83. The van der Waals surface area contributed by atoms with Gasteiger partial charge in [0.25, 0.3) is 10.0 Å². The van der Waals surface area contributed by atoms with Gasteiger partial charge >= 0.3 is 0 Å². The van der Waals surface area contributed by atoms with Crippen molar-refractivity contribution in [3.63, 3.8) is 0 Å². The molecule has 0 aromatic carbocycles. The Morgan fingerprint density at radius 1 is 1.45 bits per heavy atom. The van der Waals surface area contributed by atoms with Crippen LogP contribution < -0.4 is 0 Å². The molecule has 2 heterocycles. The summed E-state index contributed by atoms with van der Waals surface area (Å²) in [7, 11) is 0.372. The van der Waals surface area contributed by atoms with Gasteiger partial charge in [-0.25, -0.2) is 8.42 Å². The summed E-state index contributed by atoms with van der Waals surface area (Å²) in [5, 5.41) is 0. The summed E-state index contributed by atoms with van der Waals surface area (Å²) < 4.78 is 27.3. The van der Waals surface area contributed by atoms with Gasteiger partial charge in [-0.1, -0.05) is 0 Å². The third-order valence-electron chi connectivity index (χ3n) is 3.96. The van der Waals surface area contributed by atoms with Crippen LogP contribution in [0.1, 0.15) is 23.3 Å². The van der Waals surface area contributed by atoms with Gasteiger partial charge < -0.3 is 4.90 Å². The molecule has 1 aliphatic rings. The number of likely N-dealkylation sites (tertiary alicyclic amines) is 1. The second-order valence-corrected chi connectivity index (χ2v) is 8.99. The van der Waals surface area contributed by atoms with Crippen molar-refractivity contribution in [2.75, 3.05) is 27.2 Å². The number of thiophene rings is 1. The van der Waals surface area contributed by atoms with Crippen molar-refractivity contribution < 1.29 is 8.42 Å². The summed E-state index contributed by atoms with van der Waals surface area (Å²) in [5.74, 6) is 0.365. The van der Waals surface area contributed by atoms with Gasteiger partial charge in [-0.2, -0.15) is 4.31 Å². The van der Waals surface area contributed by atoms with E-state index in [4.69, 9.17) is 11.6 Å². The molecule has 1 aliphatic heterocycles. The lowest BCUT2D eigenvalue weighted by atomic mass is 10.1. The van der Waals surface area contributed by atoms with E-state index in [0.717, 1.165) is 36.4 Å². The Morgan fingerprint density at radius 3 is 2.55 bits per heavy atom. The zero-order chi connectivity index (χ0) is 14.9. The maximum absolute atomic E-state index is 12.7. The zero-order valence-electron chi connectivity index (χ0n) is 12.1. The van der Waals surface area contributed by atoms with E-state index in [9.17, 15) is 8.42 Å². The summed E-state index contributed by atoms with van der Waals surface area (Å²) >= 11 is 7.12. The first-order valence-electron chi connectivity index (χ1n) is 6.68. The second kappa shape index (κ2) is 6.32. The Hall–Kier alpha value is -0.140. The molecule has 0 saturated carbocycles. The van der Waals surface area contributed by atoms with Crippen molar-refractivity contribution in [3.8, 4) is 0 Å². The van der Waals surface area contributed by atoms with Gasteiger partial charge in [0.1, 0.15) is 4.21 Å². The van der Waals surface area contributed by atoms with E-state index in [1.165, 1.54) is 11.3 Å². The van der Waals surface area contributed by atoms with Gasteiger partial charge in [-0.3, -0.25) is 0 Å². The molecule has 0 N–H and O–H groups in total. The lowest BCUT2D eigenvalue weighted by Gasteiger charge is -2.34. The number of piperidine rings is 1. The number of halogens is 1. The molecular formula is C13H21ClN2O2S2. The van der Waals surface area contributed by atoms with E-state index in [2.05, 4.69) is 11.9 Å². The molecule has 7 heteroatoms. The number of rotatable bonds is 4. The van der Waals surface area contributed by atoms with E-state index >= 15 is 0 Å². The Bertz CT molecular complexity index is 563. The monoisotopic (exact) mass is 336 g/mol. The Kier molecular flexibility index (Phi) is 5.13. The molecule has 0 atom stereocenters. The molecule has 1 saturated heterocycles. The number of hydrogen-bond donors (Lipinski definition) is 0. The summed E-state index contributed by atoms with van der Waals surface area (Å²) in [5.41, 5.74) is 0.959. The zero-order valence-corrected chi connectivity index (χ0v) is 14.5. The van der Waals surface area contributed by atoms with Gasteiger partial charge in [0.05, 0.1) is 5.88 Å². The minimum atomic E-state index is -3.39. The number of aryl methyl sites for hydroxylation is 1. The molecule has 0 bridgehead atoms. The standard InChI is InChI=1S/C13H21ClN2O2S2/c1-10-8-13(19-12(10)9-14)20(17,18)16(3)11-4-6-15(2)7-5-11/h8,11H,4-7,9H2,1-3H3. The average molecular weight is 337 g/mol. The fourth-order valence-electron chi connectivity index (χ4n) is 2.45. The molecule has 0 aliphatic carbocycles. The van der Waals surface area contributed by atoms with Crippen LogP contribution in [0.3, 0.4) is 0 Å². The van der Waals surface area contributed by atoms with Crippen molar-refractivity contribution in [1.29, 1.82) is 0 Å². The van der Waals surface area contributed by atoms with E-state index in [-0.39, 0.29) is 6.04 Å². The van der Waals surface area contributed by atoms with Crippen molar-refractivity contribution in [3.05, 3.63) is 16.5 Å². The maximum Gasteiger partial charge on any atom is 0.252 e. The SMILES string of the molecule is Cc1cc(S(=O)(=O)N(C)C2CCN(C)CC2)sc1CCl. The minimum Gasteiger partial charge on any atom is -0.306 e. The first-order valence-corrected chi connectivity index (χ1v) is 9.47. The molecule has 1 fully saturated rings. The highest BCUT2D eigenvalue weighted by Crippen LogP contribution is 2.31.